The minimum Gasteiger partial charge on any atom is -0.480 e. The summed E-state index contributed by atoms with van der Waals surface area (Å²) in [5.41, 5.74) is 0. The summed E-state index contributed by atoms with van der Waals surface area (Å²) in [6.45, 7) is 5.76. The van der Waals surface area contributed by atoms with E-state index in [1.54, 1.807) is 13.1 Å². The molecule has 0 aromatic heterocycles. The van der Waals surface area contributed by atoms with Gasteiger partial charge in [-0.15, -0.1) is 6.58 Å². The van der Waals surface area contributed by atoms with Gasteiger partial charge >= 0.3 is 12.0 Å². The van der Waals surface area contributed by atoms with Crippen LogP contribution >= 0.6 is 0 Å². The van der Waals surface area contributed by atoms with Crippen molar-refractivity contribution >= 4 is 12.0 Å². The zero-order valence-electron chi connectivity index (χ0n) is 9.19. The molecular formula is C10H18N2O3. The minimum atomic E-state index is -1.00. The molecule has 0 saturated heterocycles. The van der Waals surface area contributed by atoms with Crippen molar-refractivity contribution in [3.63, 3.8) is 0 Å². The summed E-state index contributed by atoms with van der Waals surface area (Å²) in [5, 5.41) is 11.3. The maximum atomic E-state index is 11.4. The van der Waals surface area contributed by atoms with E-state index in [9.17, 15) is 9.59 Å². The average molecular weight is 214 g/mol. The fraction of sp³-hybridized carbons (Fsp3) is 0.600. The number of amides is 2. The molecule has 86 valence electrons. The second kappa shape index (κ2) is 6.86. The molecule has 0 aliphatic carbocycles. The highest BCUT2D eigenvalue weighted by molar-refractivity contribution is 5.82. The summed E-state index contributed by atoms with van der Waals surface area (Å²) < 4.78 is 0. The van der Waals surface area contributed by atoms with Crippen molar-refractivity contribution in [1.82, 2.24) is 10.2 Å². The molecule has 5 nitrogen and oxygen atoms in total. The Balaban J connectivity index is 4.21. The largest absolute Gasteiger partial charge is 0.480 e. The summed E-state index contributed by atoms with van der Waals surface area (Å²) in [6.07, 6.45) is 2.72. The molecule has 0 saturated carbocycles. The van der Waals surface area contributed by atoms with Crippen molar-refractivity contribution in [2.45, 2.75) is 25.8 Å². The number of likely N-dealkylation sites (N-methyl/N-ethyl adjacent to an activating group) is 1. The highest BCUT2D eigenvalue weighted by atomic mass is 16.4. The van der Waals surface area contributed by atoms with Gasteiger partial charge in [0.2, 0.25) is 0 Å². The van der Waals surface area contributed by atoms with E-state index in [0.717, 1.165) is 0 Å². The van der Waals surface area contributed by atoms with E-state index in [1.807, 2.05) is 6.92 Å². The van der Waals surface area contributed by atoms with Crippen LogP contribution in [0.25, 0.3) is 0 Å². The first-order valence-electron chi connectivity index (χ1n) is 4.88. The van der Waals surface area contributed by atoms with Gasteiger partial charge in [0.25, 0.3) is 0 Å². The number of carboxylic acids is 1. The van der Waals surface area contributed by atoms with E-state index in [1.165, 1.54) is 4.90 Å². The second-order valence-electron chi connectivity index (χ2n) is 3.30. The summed E-state index contributed by atoms with van der Waals surface area (Å²) in [4.78, 5) is 23.6. The van der Waals surface area contributed by atoms with Crippen LogP contribution in [0.1, 0.15) is 19.8 Å². The normalized spacial score (nSPS) is 11.6. The van der Waals surface area contributed by atoms with Gasteiger partial charge < -0.3 is 15.3 Å². The van der Waals surface area contributed by atoms with E-state index in [4.69, 9.17) is 5.11 Å². The van der Waals surface area contributed by atoms with Crippen molar-refractivity contribution < 1.29 is 14.7 Å². The Bertz CT molecular complexity index is 241. The van der Waals surface area contributed by atoms with E-state index >= 15 is 0 Å². The van der Waals surface area contributed by atoms with Gasteiger partial charge in [0.05, 0.1) is 0 Å². The zero-order chi connectivity index (χ0) is 11.8. The molecule has 0 spiro atoms. The standard InChI is InChI=1S/C10H18N2O3/c1-4-6-8(9(13)14)11-10(15)12(3)7-5-2/h5,8H,2,4,6-7H2,1,3H3,(H,11,15)(H,13,14). The first-order valence-corrected chi connectivity index (χ1v) is 4.88. The molecule has 0 aromatic carbocycles. The van der Waals surface area contributed by atoms with Gasteiger partial charge in [-0.1, -0.05) is 19.4 Å². The van der Waals surface area contributed by atoms with Crippen LogP contribution in [-0.4, -0.2) is 41.6 Å². The summed E-state index contributed by atoms with van der Waals surface area (Å²) >= 11 is 0. The lowest BCUT2D eigenvalue weighted by atomic mass is 10.2. The monoisotopic (exact) mass is 214 g/mol. The fourth-order valence-corrected chi connectivity index (χ4v) is 1.08. The van der Waals surface area contributed by atoms with Crippen LogP contribution in [0.5, 0.6) is 0 Å². The van der Waals surface area contributed by atoms with Gasteiger partial charge in [-0.05, 0) is 6.42 Å². The van der Waals surface area contributed by atoms with Gasteiger partial charge in [-0.25, -0.2) is 9.59 Å². The molecule has 1 atom stereocenters. The minimum absolute atomic E-state index is 0.393. The number of rotatable bonds is 6. The van der Waals surface area contributed by atoms with Crippen molar-refractivity contribution in [2.75, 3.05) is 13.6 Å². The van der Waals surface area contributed by atoms with Crippen LogP contribution in [0.2, 0.25) is 0 Å². The third-order valence-electron chi connectivity index (χ3n) is 1.92. The molecule has 0 radical (unpaired) electrons. The molecule has 15 heavy (non-hydrogen) atoms. The zero-order valence-corrected chi connectivity index (χ0v) is 9.19. The molecule has 0 aliphatic rings. The highest BCUT2D eigenvalue weighted by Gasteiger charge is 2.19. The van der Waals surface area contributed by atoms with Gasteiger partial charge in [-0.3, -0.25) is 0 Å². The predicted molar refractivity (Wildman–Crippen MR) is 57.7 cm³/mol. The third-order valence-corrected chi connectivity index (χ3v) is 1.92. The molecule has 0 bridgehead atoms. The first-order chi connectivity index (χ1) is 7.02. The molecule has 0 rings (SSSR count). The smallest absolute Gasteiger partial charge is 0.326 e. The number of hydrogen-bond donors (Lipinski definition) is 2. The molecular weight excluding hydrogens is 196 g/mol. The number of hydrogen-bond acceptors (Lipinski definition) is 2. The maximum absolute atomic E-state index is 11.4. The molecule has 0 heterocycles. The number of nitrogens with zero attached hydrogens (tertiary/aromatic N) is 1. The number of carbonyl (C=O) groups is 2. The molecule has 2 N–H and O–H groups in total. The van der Waals surface area contributed by atoms with E-state index in [2.05, 4.69) is 11.9 Å². The Kier molecular flexibility index (Phi) is 6.17. The maximum Gasteiger partial charge on any atom is 0.326 e. The SMILES string of the molecule is C=CCN(C)C(=O)NC(CCC)C(=O)O. The van der Waals surface area contributed by atoms with Gasteiger partial charge in [0.15, 0.2) is 0 Å². The van der Waals surface area contributed by atoms with Gasteiger partial charge in [0, 0.05) is 13.6 Å². The highest BCUT2D eigenvalue weighted by Crippen LogP contribution is 1.98. The number of urea groups is 1. The van der Waals surface area contributed by atoms with Gasteiger partial charge in [-0.2, -0.15) is 0 Å². The molecule has 0 fully saturated rings. The lowest BCUT2D eigenvalue weighted by Crippen LogP contribution is -2.46. The van der Waals surface area contributed by atoms with Crippen LogP contribution in [0.3, 0.4) is 0 Å². The van der Waals surface area contributed by atoms with Crippen LogP contribution in [0, 0.1) is 0 Å². The molecule has 2 amide bonds. The van der Waals surface area contributed by atoms with Crippen molar-refractivity contribution in [3.8, 4) is 0 Å². The first kappa shape index (κ1) is 13.5. The summed E-state index contributed by atoms with van der Waals surface area (Å²) in [7, 11) is 1.59. The van der Waals surface area contributed by atoms with Gasteiger partial charge in [0.1, 0.15) is 6.04 Å². The topological polar surface area (TPSA) is 69.6 Å². The number of nitrogens with one attached hydrogen (secondary N) is 1. The Morgan fingerprint density at radius 2 is 2.20 bits per heavy atom. The van der Waals surface area contributed by atoms with E-state index in [0.29, 0.717) is 19.4 Å². The molecule has 0 aromatic rings. The average Bonchev–Trinajstić information content (AvgIpc) is 2.17. The second-order valence-corrected chi connectivity index (χ2v) is 3.30. The Hall–Kier alpha value is -1.52. The number of carbonyl (C=O) groups excluding carboxylic acids is 1. The van der Waals surface area contributed by atoms with Crippen LogP contribution in [0.4, 0.5) is 4.79 Å². The van der Waals surface area contributed by atoms with Crippen molar-refractivity contribution in [3.05, 3.63) is 12.7 Å². The van der Waals surface area contributed by atoms with Crippen molar-refractivity contribution in [1.29, 1.82) is 0 Å². The van der Waals surface area contributed by atoms with E-state index in [-0.39, 0.29) is 0 Å². The Labute approximate surface area is 89.8 Å². The van der Waals surface area contributed by atoms with Crippen LogP contribution in [-0.2, 0) is 4.79 Å². The molecule has 0 aliphatic heterocycles. The van der Waals surface area contributed by atoms with Crippen molar-refractivity contribution in [2.24, 2.45) is 0 Å². The quantitative estimate of drug-likeness (QED) is 0.650. The number of aliphatic carboxylic acids is 1. The Morgan fingerprint density at radius 3 is 2.60 bits per heavy atom. The van der Waals surface area contributed by atoms with Crippen LogP contribution in [0.15, 0.2) is 12.7 Å². The molecule has 1 unspecified atom stereocenters. The summed E-state index contributed by atoms with van der Waals surface area (Å²) in [5.74, 6) is -1.00. The number of carboxylic acid groups (broad SMARTS) is 1. The molecule has 5 heteroatoms. The van der Waals surface area contributed by atoms with Crippen LogP contribution < -0.4 is 5.32 Å². The fourth-order valence-electron chi connectivity index (χ4n) is 1.08. The Morgan fingerprint density at radius 1 is 1.60 bits per heavy atom. The predicted octanol–water partition coefficient (Wildman–Crippen LogP) is 1.07. The lowest BCUT2D eigenvalue weighted by molar-refractivity contribution is -0.139. The van der Waals surface area contributed by atoms with E-state index < -0.39 is 18.0 Å². The third kappa shape index (κ3) is 5.05. The lowest BCUT2D eigenvalue weighted by Gasteiger charge is -2.19. The summed E-state index contributed by atoms with van der Waals surface area (Å²) in [6, 6.07) is -1.20.